The molecule has 9 heteroatoms. The number of amides is 1. The molecule has 0 saturated carbocycles. The molecule has 0 atom stereocenters. The molecule has 4 heterocycles. The Morgan fingerprint density at radius 1 is 1.10 bits per heavy atom. The van der Waals surface area contributed by atoms with Crippen LogP contribution in [0.4, 0.5) is 10.8 Å². The number of H-pyrrole nitrogens is 1. The molecule has 0 spiro atoms. The first-order valence-corrected chi connectivity index (χ1v) is 11.7. The summed E-state index contributed by atoms with van der Waals surface area (Å²) in [5.74, 6) is 0.127. The minimum absolute atomic E-state index is 0.0102. The number of hydrogen-bond acceptors (Lipinski definition) is 7. The van der Waals surface area contributed by atoms with Gasteiger partial charge < -0.3 is 20.1 Å². The number of thiazole rings is 1. The standard InChI is InChI=1S/C22H26N6O2S/c29-20(23-13-15-3-5-17(6-4-15)27-9-1-2-10-27)16-7-11-28(12-8-16)22-26-19-18(31-22)21(30)25-14-24-19/h3-6,14,16H,1-2,7-13H2,(H,23,29)(H,24,25,30). The van der Waals surface area contributed by atoms with Crippen molar-refractivity contribution in [3.63, 3.8) is 0 Å². The van der Waals surface area contributed by atoms with Crippen LogP contribution in [0.15, 0.2) is 35.4 Å². The van der Waals surface area contributed by atoms with Crippen LogP contribution in [0, 0.1) is 5.92 Å². The highest BCUT2D eigenvalue weighted by Gasteiger charge is 2.26. The molecule has 2 aliphatic rings. The maximum Gasteiger partial charge on any atom is 0.270 e. The summed E-state index contributed by atoms with van der Waals surface area (Å²) in [7, 11) is 0. The number of fused-ring (bicyclic) bond motifs is 1. The third-order valence-electron chi connectivity index (χ3n) is 6.20. The second-order valence-corrected chi connectivity index (χ2v) is 9.20. The summed E-state index contributed by atoms with van der Waals surface area (Å²) in [5.41, 5.74) is 2.73. The monoisotopic (exact) mass is 438 g/mol. The Morgan fingerprint density at radius 2 is 1.84 bits per heavy atom. The van der Waals surface area contributed by atoms with Gasteiger partial charge in [-0.25, -0.2) is 4.98 Å². The Labute approximate surface area is 184 Å². The Kier molecular flexibility index (Phi) is 5.59. The summed E-state index contributed by atoms with van der Waals surface area (Å²) in [5, 5.41) is 3.90. The number of rotatable bonds is 5. The van der Waals surface area contributed by atoms with Crippen molar-refractivity contribution in [2.75, 3.05) is 36.0 Å². The van der Waals surface area contributed by atoms with Gasteiger partial charge in [-0.05, 0) is 43.4 Å². The predicted molar refractivity (Wildman–Crippen MR) is 123 cm³/mol. The summed E-state index contributed by atoms with van der Waals surface area (Å²) in [6, 6.07) is 8.53. The fourth-order valence-electron chi connectivity index (χ4n) is 4.36. The van der Waals surface area contributed by atoms with Gasteiger partial charge in [0.05, 0.1) is 6.33 Å². The van der Waals surface area contributed by atoms with E-state index in [1.807, 2.05) is 0 Å². The van der Waals surface area contributed by atoms with Crippen molar-refractivity contribution >= 4 is 38.4 Å². The molecular weight excluding hydrogens is 412 g/mol. The number of benzene rings is 1. The van der Waals surface area contributed by atoms with E-state index in [9.17, 15) is 9.59 Å². The number of hydrogen-bond donors (Lipinski definition) is 2. The van der Waals surface area contributed by atoms with Crippen LogP contribution in [-0.2, 0) is 11.3 Å². The number of aromatic nitrogens is 3. The number of nitrogens with one attached hydrogen (secondary N) is 2. The molecular formula is C22H26N6O2S. The molecule has 0 unspecified atom stereocenters. The Morgan fingerprint density at radius 3 is 2.55 bits per heavy atom. The van der Waals surface area contributed by atoms with E-state index in [0.717, 1.165) is 49.7 Å². The number of piperidine rings is 1. The van der Waals surface area contributed by atoms with Gasteiger partial charge in [-0.3, -0.25) is 9.59 Å². The van der Waals surface area contributed by atoms with Crippen LogP contribution in [-0.4, -0.2) is 47.0 Å². The molecule has 162 valence electrons. The number of carbonyl (C=O) groups excluding carboxylic acids is 1. The highest BCUT2D eigenvalue weighted by molar-refractivity contribution is 7.22. The van der Waals surface area contributed by atoms with E-state index in [0.29, 0.717) is 16.9 Å². The third-order valence-corrected chi connectivity index (χ3v) is 7.30. The molecule has 0 radical (unpaired) electrons. The molecule has 31 heavy (non-hydrogen) atoms. The fraction of sp³-hybridized carbons (Fsp3) is 0.455. The van der Waals surface area contributed by atoms with Gasteiger partial charge >= 0.3 is 0 Å². The van der Waals surface area contributed by atoms with Gasteiger partial charge in [-0.1, -0.05) is 23.5 Å². The predicted octanol–water partition coefficient (Wildman–Crippen LogP) is 2.51. The quantitative estimate of drug-likeness (QED) is 0.636. The third kappa shape index (κ3) is 4.27. The van der Waals surface area contributed by atoms with Gasteiger partial charge in [-0.2, -0.15) is 4.98 Å². The fourth-order valence-corrected chi connectivity index (χ4v) is 5.32. The molecule has 2 N–H and O–H groups in total. The van der Waals surface area contributed by atoms with E-state index < -0.39 is 0 Å². The van der Waals surface area contributed by atoms with Crippen molar-refractivity contribution in [1.82, 2.24) is 20.3 Å². The van der Waals surface area contributed by atoms with Gasteiger partial charge in [0, 0.05) is 44.3 Å². The summed E-state index contributed by atoms with van der Waals surface area (Å²) >= 11 is 1.36. The number of aromatic amines is 1. The number of carbonyl (C=O) groups is 1. The smallest absolute Gasteiger partial charge is 0.270 e. The van der Waals surface area contributed by atoms with Gasteiger partial charge in [-0.15, -0.1) is 0 Å². The van der Waals surface area contributed by atoms with E-state index in [1.54, 1.807) is 0 Å². The average molecular weight is 439 g/mol. The minimum Gasteiger partial charge on any atom is -0.372 e. The first-order valence-electron chi connectivity index (χ1n) is 10.9. The lowest BCUT2D eigenvalue weighted by Gasteiger charge is -2.31. The van der Waals surface area contributed by atoms with Crippen LogP contribution in [0.2, 0.25) is 0 Å². The highest BCUT2D eigenvalue weighted by atomic mass is 32.1. The molecule has 2 fully saturated rings. The summed E-state index contributed by atoms with van der Waals surface area (Å²) in [6.45, 7) is 4.34. The van der Waals surface area contributed by atoms with Crippen molar-refractivity contribution in [3.05, 3.63) is 46.5 Å². The van der Waals surface area contributed by atoms with Crippen molar-refractivity contribution in [3.8, 4) is 0 Å². The lowest BCUT2D eigenvalue weighted by atomic mass is 9.96. The maximum absolute atomic E-state index is 12.7. The molecule has 5 rings (SSSR count). The minimum atomic E-state index is -0.156. The van der Waals surface area contributed by atoms with Crippen molar-refractivity contribution in [1.29, 1.82) is 0 Å². The zero-order valence-corrected chi connectivity index (χ0v) is 18.2. The van der Waals surface area contributed by atoms with Crippen LogP contribution in [0.1, 0.15) is 31.2 Å². The molecule has 0 bridgehead atoms. The van der Waals surface area contributed by atoms with Gasteiger partial charge in [0.25, 0.3) is 5.56 Å². The number of anilines is 2. The summed E-state index contributed by atoms with van der Waals surface area (Å²) < 4.78 is 0.549. The van der Waals surface area contributed by atoms with Gasteiger partial charge in [0.2, 0.25) is 5.91 Å². The zero-order valence-electron chi connectivity index (χ0n) is 17.3. The van der Waals surface area contributed by atoms with Crippen LogP contribution in [0.5, 0.6) is 0 Å². The van der Waals surface area contributed by atoms with E-state index in [1.165, 1.54) is 36.2 Å². The molecule has 2 aromatic heterocycles. The average Bonchev–Trinajstić information content (AvgIpc) is 3.49. The SMILES string of the molecule is O=C(NCc1ccc(N2CCCC2)cc1)C1CCN(c2nc3nc[nH]c(=O)c3s2)CC1. The lowest BCUT2D eigenvalue weighted by Crippen LogP contribution is -2.40. The van der Waals surface area contributed by atoms with Crippen LogP contribution in [0.3, 0.4) is 0 Å². The molecule has 0 aliphatic carbocycles. The summed E-state index contributed by atoms with van der Waals surface area (Å²) in [6.07, 6.45) is 5.47. The van der Waals surface area contributed by atoms with Crippen LogP contribution in [0.25, 0.3) is 10.3 Å². The second-order valence-electron chi connectivity index (χ2n) is 8.22. The van der Waals surface area contributed by atoms with Crippen molar-refractivity contribution in [2.45, 2.75) is 32.2 Å². The molecule has 1 aromatic carbocycles. The molecule has 8 nitrogen and oxygen atoms in total. The second kappa shape index (κ2) is 8.66. The van der Waals surface area contributed by atoms with Gasteiger partial charge in [0.1, 0.15) is 4.70 Å². The van der Waals surface area contributed by atoms with E-state index in [-0.39, 0.29) is 17.4 Å². The van der Waals surface area contributed by atoms with Crippen LogP contribution >= 0.6 is 11.3 Å². The topological polar surface area (TPSA) is 94.2 Å². The van der Waals surface area contributed by atoms with Crippen molar-refractivity contribution < 1.29 is 4.79 Å². The van der Waals surface area contributed by atoms with Gasteiger partial charge in [0.15, 0.2) is 10.8 Å². The Hall–Kier alpha value is -2.94. The zero-order chi connectivity index (χ0) is 21.2. The molecule has 1 amide bonds. The first kappa shape index (κ1) is 20.0. The molecule has 2 saturated heterocycles. The Balaban J connectivity index is 1.13. The summed E-state index contributed by atoms with van der Waals surface area (Å²) in [4.78, 5) is 40.3. The van der Waals surface area contributed by atoms with E-state index >= 15 is 0 Å². The first-order chi connectivity index (χ1) is 15.2. The largest absolute Gasteiger partial charge is 0.372 e. The number of nitrogens with zero attached hydrogens (tertiary/aromatic N) is 4. The van der Waals surface area contributed by atoms with E-state index in [2.05, 4.69) is 54.3 Å². The van der Waals surface area contributed by atoms with Crippen molar-refractivity contribution in [2.24, 2.45) is 5.92 Å². The highest BCUT2D eigenvalue weighted by Crippen LogP contribution is 2.29. The van der Waals surface area contributed by atoms with E-state index in [4.69, 9.17) is 0 Å². The normalized spacial score (nSPS) is 17.4. The Bertz CT molecular complexity index is 1110. The lowest BCUT2D eigenvalue weighted by molar-refractivity contribution is -0.125. The van der Waals surface area contributed by atoms with Crippen LogP contribution < -0.4 is 20.7 Å². The maximum atomic E-state index is 12.7. The molecule has 2 aliphatic heterocycles. The molecule has 3 aromatic rings.